The Kier molecular flexibility index (Phi) is 12.6. The van der Waals surface area contributed by atoms with E-state index in [0.717, 1.165) is 56.7 Å². The van der Waals surface area contributed by atoms with Gasteiger partial charge in [0.05, 0.1) is 15.5 Å². The fourth-order valence-electron chi connectivity index (χ4n) is 7.66. The molecule has 0 spiro atoms. The average molecular weight is 850 g/mol. The van der Waals surface area contributed by atoms with Crippen molar-refractivity contribution in [2.75, 3.05) is 77.8 Å². The molecule has 2 aromatic rings. The molecule has 3 fully saturated rings. The quantitative estimate of drug-likeness (QED) is 0.265. The van der Waals surface area contributed by atoms with Gasteiger partial charge >= 0.3 is 12.1 Å². The van der Waals surface area contributed by atoms with Gasteiger partial charge in [-0.1, -0.05) is 18.2 Å². The van der Waals surface area contributed by atoms with Gasteiger partial charge in [0.25, 0.3) is 11.8 Å². The number of phenolic OH excluding ortho intramolecular Hbond substituents is 1. The van der Waals surface area contributed by atoms with Crippen molar-refractivity contribution in [3.05, 3.63) is 56.5 Å². The Morgan fingerprint density at radius 1 is 0.904 bits per heavy atom. The Bertz CT molecular complexity index is 1600. The second-order valence-electron chi connectivity index (χ2n) is 14.0. The Labute approximate surface area is 320 Å². The summed E-state index contributed by atoms with van der Waals surface area (Å²) in [5, 5.41) is 23.3. The number of aromatic hydroxyl groups is 1. The highest BCUT2D eigenvalue weighted by Gasteiger charge is 2.37. The number of carbonyl (C=O) groups excluding carboxylic acids is 4. The number of halogens is 2. The number of phenols is 1. The van der Waals surface area contributed by atoms with Crippen molar-refractivity contribution in [2.45, 2.75) is 56.7 Å². The molecule has 5 amide bonds. The molecular formula is C36H47Br2N7O7. The van der Waals surface area contributed by atoms with E-state index in [-0.39, 0.29) is 42.6 Å². The van der Waals surface area contributed by atoms with E-state index in [2.05, 4.69) is 42.1 Å². The molecule has 16 heteroatoms. The number of ether oxygens (including phenoxy) is 1. The van der Waals surface area contributed by atoms with Crippen LogP contribution in [0.5, 0.6) is 5.75 Å². The van der Waals surface area contributed by atoms with Crippen LogP contribution in [0.2, 0.25) is 0 Å². The number of likely N-dealkylation sites (N-methyl/N-ethyl adjacent to an activating group) is 1. The largest absolute Gasteiger partial charge is 0.506 e. The maximum Gasteiger partial charge on any atom is 0.410 e. The summed E-state index contributed by atoms with van der Waals surface area (Å²) in [7, 11) is 1.34. The zero-order valence-electron chi connectivity index (χ0n) is 29.4. The predicted octanol–water partition coefficient (Wildman–Crippen LogP) is 3.98. The van der Waals surface area contributed by atoms with E-state index in [4.69, 9.17) is 4.74 Å². The third-order valence-electron chi connectivity index (χ3n) is 10.7. The van der Waals surface area contributed by atoms with Gasteiger partial charge in [-0.05, 0) is 93.3 Å². The fourth-order valence-corrected chi connectivity index (χ4v) is 8.94. The minimum atomic E-state index is -1.06. The van der Waals surface area contributed by atoms with Gasteiger partial charge in [0, 0.05) is 90.1 Å². The van der Waals surface area contributed by atoms with Crippen LogP contribution in [0.25, 0.3) is 0 Å². The number of hydrogen-bond donors (Lipinski definition) is 3. The van der Waals surface area contributed by atoms with Gasteiger partial charge < -0.3 is 29.9 Å². The molecule has 52 heavy (non-hydrogen) atoms. The van der Waals surface area contributed by atoms with E-state index >= 15 is 0 Å². The number of benzene rings is 2. The molecule has 0 saturated carbocycles. The summed E-state index contributed by atoms with van der Waals surface area (Å²) < 4.78 is 6.96. The summed E-state index contributed by atoms with van der Waals surface area (Å²) in [5.74, 6) is -0.538. The second kappa shape index (κ2) is 17.1. The second-order valence-corrected chi connectivity index (χ2v) is 15.7. The number of para-hydroxylation sites is 1. The SMILES string of the molecule is CN(O)C(=O)CN1CCN(C2CCN(C(=O)C(Cc3cc(Br)c(O)c(Br)c3)OC(=O)N3CCC(N4CCc5ccccc5NC4=O)CC3)CC2)CC1. The molecular weight excluding hydrogens is 802 g/mol. The van der Waals surface area contributed by atoms with Gasteiger partial charge in [0.15, 0.2) is 6.10 Å². The zero-order chi connectivity index (χ0) is 36.9. The van der Waals surface area contributed by atoms with E-state index < -0.39 is 12.2 Å². The van der Waals surface area contributed by atoms with Gasteiger partial charge in [-0.3, -0.25) is 24.6 Å². The van der Waals surface area contributed by atoms with Crippen LogP contribution >= 0.6 is 31.9 Å². The smallest absolute Gasteiger partial charge is 0.410 e. The van der Waals surface area contributed by atoms with Crippen LogP contribution < -0.4 is 5.32 Å². The van der Waals surface area contributed by atoms with E-state index in [1.54, 1.807) is 21.9 Å². The van der Waals surface area contributed by atoms with Crippen LogP contribution in [0.1, 0.15) is 36.8 Å². The lowest BCUT2D eigenvalue weighted by Crippen LogP contribution is -2.56. The number of rotatable bonds is 8. The third-order valence-corrected chi connectivity index (χ3v) is 11.9. The minimum Gasteiger partial charge on any atom is -0.506 e. The number of anilines is 1. The highest BCUT2D eigenvalue weighted by Crippen LogP contribution is 2.34. The van der Waals surface area contributed by atoms with E-state index in [0.29, 0.717) is 71.2 Å². The van der Waals surface area contributed by atoms with Gasteiger partial charge in [-0.15, -0.1) is 0 Å². The van der Waals surface area contributed by atoms with Crippen LogP contribution in [0.4, 0.5) is 15.3 Å². The fraction of sp³-hybridized carbons (Fsp3) is 0.556. The first-order chi connectivity index (χ1) is 25.0. The minimum absolute atomic E-state index is 0.0171. The molecule has 0 radical (unpaired) electrons. The topological polar surface area (TPSA) is 149 Å². The Morgan fingerprint density at radius 2 is 1.52 bits per heavy atom. The van der Waals surface area contributed by atoms with Gasteiger partial charge in [-0.25, -0.2) is 14.7 Å². The number of carbonyl (C=O) groups is 4. The molecule has 282 valence electrons. The van der Waals surface area contributed by atoms with Crippen molar-refractivity contribution >= 4 is 61.5 Å². The molecule has 4 aliphatic heterocycles. The molecule has 6 rings (SSSR count). The van der Waals surface area contributed by atoms with Crippen molar-refractivity contribution in [1.29, 1.82) is 0 Å². The number of amides is 5. The molecule has 1 unspecified atom stereocenters. The Balaban J connectivity index is 1.05. The molecule has 3 N–H and O–H groups in total. The molecule has 0 aliphatic carbocycles. The number of likely N-dealkylation sites (tertiary alicyclic amines) is 2. The van der Waals surface area contributed by atoms with Crippen molar-refractivity contribution in [3.8, 4) is 5.75 Å². The number of nitrogens with zero attached hydrogens (tertiary/aromatic N) is 6. The average Bonchev–Trinajstić information content (AvgIpc) is 3.31. The number of fused-ring (bicyclic) bond motifs is 1. The monoisotopic (exact) mass is 847 g/mol. The van der Waals surface area contributed by atoms with E-state index in [1.807, 2.05) is 34.1 Å². The normalized spacial score (nSPS) is 20.2. The highest BCUT2D eigenvalue weighted by molar-refractivity contribution is 9.11. The molecule has 1 atom stereocenters. The molecule has 4 heterocycles. The molecule has 0 bridgehead atoms. The van der Waals surface area contributed by atoms with Crippen LogP contribution in [0.3, 0.4) is 0 Å². The van der Waals surface area contributed by atoms with Crippen molar-refractivity contribution in [3.63, 3.8) is 0 Å². The van der Waals surface area contributed by atoms with Crippen molar-refractivity contribution < 1.29 is 34.2 Å². The van der Waals surface area contributed by atoms with Gasteiger partial charge in [-0.2, -0.15) is 0 Å². The summed E-state index contributed by atoms with van der Waals surface area (Å²) in [6.45, 7) is 5.71. The van der Waals surface area contributed by atoms with Gasteiger partial charge in [0.2, 0.25) is 0 Å². The first-order valence-corrected chi connectivity index (χ1v) is 19.5. The number of piperidine rings is 2. The summed E-state index contributed by atoms with van der Waals surface area (Å²) in [5.41, 5.74) is 2.66. The summed E-state index contributed by atoms with van der Waals surface area (Å²) >= 11 is 6.75. The number of hydroxylamine groups is 2. The first-order valence-electron chi connectivity index (χ1n) is 18.0. The van der Waals surface area contributed by atoms with Crippen LogP contribution in [0.15, 0.2) is 45.3 Å². The zero-order valence-corrected chi connectivity index (χ0v) is 32.6. The van der Waals surface area contributed by atoms with Gasteiger partial charge in [0.1, 0.15) is 5.75 Å². The summed E-state index contributed by atoms with van der Waals surface area (Å²) in [6.07, 6.45) is 2.04. The lowest BCUT2D eigenvalue weighted by Gasteiger charge is -2.43. The number of urea groups is 1. The Morgan fingerprint density at radius 3 is 2.17 bits per heavy atom. The maximum atomic E-state index is 14.1. The molecule has 3 saturated heterocycles. The van der Waals surface area contributed by atoms with Crippen LogP contribution in [-0.4, -0.2) is 154 Å². The lowest BCUT2D eigenvalue weighted by molar-refractivity contribution is -0.161. The highest BCUT2D eigenvalue weighted by atomic mass is 79.9. The summed E-state index contributed by atoms with van der Waals surface area (Å²) in [4.78, 5) is 62.5. The Hall–Kier alpha value is -3.44. The maximum absolute atomic E-state index is 14.1. The standard InChI is InChI=1S/C36H47Br2N7O7/c1-40(51)32(46)23-41-16-18-42(19-17-41)26-7-11-43(12-8-26)34(48)31(22-24-20-28(37)33(47)29(38)21-24)52-36(50)44-13-9-27(10-14-44)45-15-6-25-4-2-3-5-30(25)39-35(45)49/h2-5,20-21,26-27,31,47,51H,6-19,22-23H2,1H3,(H,39,49). The lowest BCUT2D eigenvalue weighted by atomic mass is 10.0. The van der Waals surface area contributed by atoms with E-state index in [9.17, 15) is 29.5 Å². The summed E-state index contributed by atoms with van der Waals surface area (Å²) in [6, 6.07) is 11.4. The first kappa shape index (κ1) is 38.3. The number of piperazine rings is 1. The van der Waals surface area contributed by atoms with Crippen LogP contribution in [0, 0.1) is 0 Å². The van der Waals surface area contributed by atoms with E-state index in [1.165, 1.54) is 7.05 Å². The molecule has 0 aromatic heterocycles. The van der Waals surface area contributed by atoms with Crippen molar-refractivity contribution in [2.24, 2.45) is 0 Å². The van der Waals surface area contributed by atoms with Crippen LogP contribution in [-0.2, 0) is 27.2 Å². The number of nitrogens with one attached hydrogen (secondary N) is 1. The van der Waals surface area contributed by atoms with Crippen molar-refractivity contribution in [1.82, 2.24) is 29.6 Å². The number of hydrogen-bond acceptors (Lipinski definition) is 9. The molecule has 14 nitrogen and oxygen atoms in total. The third kappa shape index (κ3) is 9.19. The molecule has 4 aliphatic rings. The predicted molar refractivity (Wildman–Crippen MR) is 200 cm³/mol. The molecule has 2 aromatic carbocycles.